The molecule has 2 aromatic rings. The fourth-order valence-electron chi connectivity index (χ4n) is 4.81. The smallest absolute Gasteiger partial charge is 0.432 e. The molecule has 4 atom stereocenters. The van der Waals surface area contributed by atoms with Crippen molar-refractivity contribution in [2.24, 2.45) is 0 Å². The van der Waals surface area contributed by atoms with E-state index in [1.54, 1.807) is 0 Å². The van der Waals surface area contributed by atoms with Crippen LogP contribution in [-0.2, 0) is 39.7 Å². The summed E-state index contributed by atoms with van der Waals surface area (Å²) >= 11 is 0. The van der Waals surface area contributed by atoms with Crippen molar-refractivity contribution in [3.8, 4) is 23.7 Å². The number of alkyl halides is 6. The summed E-state index contributed by atoms with van der Waals surface area (Å²) in [6.07, 6.45) is -5.12. The molecule has 2 rings (SSSR count). The van der Waals surface area contributed by atoms with Crippen molar-refractivity contribution in [1.29, 1.82) is 0 Å². The van der Waals surface area contributed by atoms with Gasteiger partial charge in [0.25, 0.3) is 11.2 Å². The summed E-state index contributed by atoms with van der Waals surface area (Å²) in [7, 11) is 1.50. The van der Waals surface area contributed by atoms with Crippen LogP contribution in [0.5, 0.6) is 0 Å². The number of rotatable bonds is 16. The van der Waals surface area contributed by atoms with E-state index < -0.39 is 58.8 Å². The molecule has 6 nitrogen and oxygen atoms in total. The Balaban J connectivity index is 2.28. The minimum atomic E-state index is -5.19. The maximum Gasteiger partial charge on any atom is 0.432 e. The lowest BCUT2D eigenvalue weighted by Crippen LogP contribution is -2.52. The van der Waals surface area contributed by atoms with E-state index in [0.29, 0.717) is 6.42 Å². The number of unbranched alkanes of at least 4 members (excludes halogenated alkanes) is 4. The van der Waals surface area contributed by atoms with Crippen molar-refractivity contribution in [1.82, 2.24) is 0 Å². The zero-order valence-electron chi connectivity index (χ0n) is 27.3. The predicted molar refractivity (Wildman–Crippen MR) is 170 cm³/mol. The van der Waals surface area contributed by atoms with E-state index >= 15 is 0 Å². The molecule has 0 unspecified atom stereocenters. The number of hydrogen-bond donors (Lipinski definition) is 0. The molecule has 0 aliphatic carbocycles. The summed E-state index contributed by atoms with van der Waals surface area (Å²) in [5.41, 5.74) is -7.75. The van der Waals surface area contributed by atoms with Crippen LogP contribution in [-0.4, -0.2) is 50.7 Å². The van der Waals surface area contributed by atoms with Crippen LogP contribution in [0.2, 0.25) is 0 Å². The maximum atomic E-state index is 14.4. The first-order valence-electron chi connectivity index (χ1n) is 15.3. The van der Waals surface area contributed by atoms with Gasteiger partial charge in [-0.2, -0.15) is 26.3 Å². The Kier molecular flexibility index (Phi) is 15.7. The van der Waals surface area contributed by atoms with Crippen LogP contribution in [0, 0.1) is 23.7 Å². The summed E-state index contributed by atoms with van der Waals surface area (Å²) < 4.78 is 105. The highest BCUT2D eigenvalue weighted by Crippen LogP contribution is 2.44. The van der Waals surface area contributed by atoms with Gasteiger partial charge in [0, 0.05) is 25.3 Å². The monoisotopic (exact) mass is 692 g/mol. The molecule has 12 heteroatoms. The van der Waals surface area contributed by atoms with Gasteiger partial charge in [0.2, 0.25) is 0 Å². The van der Waals surface area contributed by atoms with Gasteiger partial charge in [0.05, 0.1) is 0 Å². The fourth-order valence-corrected chi connectivity index (χ4v) is 4.81. The Bertz CT molecular complexity index is 1520. The Morgan fingerprint density at radius 1 is 0.755 bits per heavy atom. The molecular formula is C37H38F6O6. The van der Waals surface area contributed by atoms with E-state index in [0.717, 1.165) is 70.2 Å². The minimum Gasteiger partial charge on any atom is -0.455 e. The topological polar surface area (TPSA) is 71.1 Å². The van der Waals surface area contributed by atoms with Crippen LogP contribution < -0.4 is 0 Å². The minimum absolute atomic E-state index is 0.197. The zero-order chi connectivity index (χ0) is 36.6. The molecule has 0 saturated heterocycles. The summed E-state index contributed by atoms with van der Waals surface area (Å²) in [6.45, 7) is 5.46. The highest BCUT2D eigenvalue weighted by molar-refractivity contribution is 5.83. The van der Waals surface area contributed by atoms with Gasteiger partial charge in [-0.1, -0.05) is 106 Å². The normalized spacial score (nSPS) is 15.3. The van der Waals surface area contributed by atoms with Crippen molar-refractivity contribution < 1.29 is 54.9 Å². The van der Waals surface area contributed by atoms with E-state index in [1.807, 2.05) is 6.92 Å². The molecule has 0 heterocycles. The van der Waals surface area contributed by atoms with Crippen molar-refractivity contribution in [3.05, 3.63) is 96.6 Å². The molecule has 0 aromatic heterocycles. The number of methoxy groups -OCH3 is 2. The number of allylic oxidation sites excluding steroid dienone is 1. The predicted octanol–water partition coefficient (Wildman–Crippen LogP) is 8.13. The summed E-state index contributed by atoms with van der Waals surface area (Å²) in [5.74, 6) is 6.18. The molecule has 2 aromatic carbocycles. The van der Waals surface area contributed by atoms with Crippen molar-refractivity contribution in [2.75, 3.05) is 14.2 Å². The SMILES string of the molecule is C=C[C@H](C#CC#C/C=C/[C@H](CCCCCCC)OC(=O)[C@](OC)(c1ccccc1)C(F)(F)F)OC(=O)[C@](OC)(c1ccccc1)C(F)(F)F. The Morgan fingerprint density at radius 3 is 1.69 bits per heavy atom. The molecule has 264 valence electrons. The van der Waals surface area contributed by atoms with Crippen LogP contribution >= 0.6 is 0 Å². The van der Waals surface area contributed by atoms with E-state index in [9.17, 15) is 35.9 Å². The number of hydrogen-bond acceptors (Lipinski definition) is 6. The van der Waals surface area contributed by atoms with Crippen molar-refractivity contribution >= 4 is 11.9 Å². The van der Waals surface area contributed by atoms with E-state index in [4.69, 9.17) is 18.9 Å². The quantitative estimate of drug-likeness (QED) is 0.0582. The molecule has 0 amide bonds. The van der Waals surface area contributed by atoms with Gasteiger partial charge in [-0.25, -0.2) is 9.59 Å². The Labute approximate surface area is 282 Å². The first kappa shape index (κ1) is 40.7. The highest BCUT2D eigenvalue weighted by atomic mass is 19.4. The van der Waals surface area contributed by atoms with E-state index in [-0.39, 0.29) is 6.42 Å². The van der Waals surface area contributed by atoms with Gasteiger partial charge in [0.1, 0.15) is 6.10 Å². The van der Waals surface area contributed by atoms with E-state index in [2.05, 4.69) is 30.3 Å². The lowest BCUT2D eigenvalue weighted by Gasteiger charge is -2.33. The van der Waals surface area contributed by atoms with Crippen LogP contribution in [0.1, 0.15) is 56.6 Å². The summed E-state index contributed by atoms with van der Waals surface area (Å²) in [4.78, 5) is 26.0. The molecule has 0 aliphatic heterocycles. The van der Waals surface area contributed by atoms with Gasteiger partial charge in [0.15, 0.2) is 6.10 Å². The van der Waals surface area contributed by atoms with Crippen molar-refractivity contribution in [2.45, 2.75) is 81.2 Å². The first-order valence-corrected chi connectivity index (χ1v) is 15.3. The third-order valence-corrected chi connectivity index (χ3v) is 7.39. The largest absolute Gasteiger partial charge is 0.455 e. The number of ether oxygens (including phenoxy) is 4. The van der Waals surface area contributed by atoms with Crippen LogP contribution in [0.15, 0.2) is 85.5 Å². The number of benzene rings is 2. The third-order valence-electron chi connectivity index (χ3n) is 7.39. The molecule has 0 saturated carbocycles. The van der Waals surface area contributed by atoms with Gasteiger partial charge >= 0.3 is 24.3 Å². The molecule has 0 fully saturated rings. The number of carbonyl (C=O) groups excluding carboxylic acids is 2. The molecule has 0 spiro atoms. The van der Waals surface area contributed by atoms with Gasteiger partial charge < -0.3 is 18.9 Å². The summed E-state index contributed by atoms with van der Waals surface area (Å²) in [5, 5.41) is 0. The summed E-state index contributed by atoms with van der Waals surface area (Å²) in [6, 6.07) is 12.6. The number of halogens is 6. The van der Waals surface area contributed by atoms with E-state index in [1.165, 1.54) is 48.6 Å². The zero-order valence-corrected chi connectivity index (χ0v) is 27.3. The number of esters is 2. The van der Waals surface area contributed by atoms with Gasteiger partial charge in [-0.05, 0) is 48.8 Å². The molecule has 0 aliphatic rings. The van der Waals surface area contributed by atoms with Crippen LogP contribution in [0.3, 0.4) is 0 Å². The van der Waals surface area contributed by atoms with Gasteiger partial charge in [-0.3, -0.25) is 0 Å². The number of carbonyl (C=O) groups is 2. The average Bonchev–Trinajstić information content (AvgIpc) is 3.06. The fraction of sp³-hybridized carbons (Fsp3) is 0.405. The second-order valence-corrected chi connectivity index (χ2v) is 10.6. The molecule has 49 heavy (non-hydrogen) atoms. The molecular weight excluding hydrogens is 654 g/mol. The lowest BCUT2D eigenvalue weighted by atomic mass is 9.92. The molecule has 0 N–H and O–H groups in total. The highest BCUT2D eigenvalue weighted by Gasteiger charge is 2.65. The standard InChI is InChI=1S/C37H38F6O6/c1-5-7-8-9-19-26-31(49-33(45)35(47-4,37(41,42)43)29-23-16-13-17-24-29)27-20-11-10-18-25-30(6-2)48-32(44)34(46-3,36(38,39)40)28-21-14-12-15-22-28/h6,12-17,20-24,27,30-31H,2,5,7-9,19,26H2,1,3-4H3/b27-20+/t30-,31+,34-,35-/m1/s1. The maximum absolute atomic E-state index is 14.4. The second kappa shape index (κ2) is 18.9. The first-order chi connectivity index (χ1) is 23.2. The lowest BCUT2D eigenvalue weighted by molar-refractivity contribution is -0.278. The Hall–Kier alpha value is -4.52. The molecule has 0 radical (unpaired) electrons. The van der Waals surface area contributed by atoms with Crippen LogP contribution in [0.4, 0.5) is 26.3 Å². The van der Waals surface area contributed by atoms with Gasteiger partial charge in [-0.15, -0.1) is 0 Å². The Morgan fingerprint density at radius 2 is 1.24 bits per heavy atom. The van der Waals surface area contributed by atoms with Crippen LogP contribution in [0.25, 0.3) is 0 Å². The van der Waals surface area contributed by atoms with Crippen molar-refractivity contribution in [3.63, 3.8) is 0 Å². The average molecular weight is 693 g/mol. The molecule has 0 bridgehead atoms. The third kappa shape index (κ3) is 10.2. The second-order valence-electron chi connectivity index (χ2n) is 10.6.